The standard InChI is InChI=1S/C15H25N3O4S/c1-2-3-9-13-17-15(22-18-13)11-23(20,21)10-14(19)16-12-7-5-4-6-8-12/h12H,2-11H2,1H3,(H,16,19). The van der Waals surface area contributed by atoms with E-state index >= 15 is 0 Å². The van der Waals surface area contributed by atoms with E-state index in [0.717, 1.165) is 38.5 Å². The number of hydrogen-bond donors (Lipinski definition) is 1. The lowest BCUT2D eigenvalue weighted by atomic mass is 9.95. The molecule has 23 heavy (non-hydrogen) atoms. The first kappa shape index (κ1) is 17.9. The van der Waals surface area contributed by atoms with Crippen molar-refractivity contribution in [3.8, 4) is 0 Å². The lowest BCUT2D eigenvalue weighted by Gasteiger charge is -2.22. The molecule has 1 aliphatic carbocycles. The molecule has 1 saturated carbocycles. The van der Waals surface area contributed by atoms with Crippen molar-refractivity contribution in [2.24, 2.45) is 0 Å². The zero-order valence-electron chi connectivity index (χ0n) is 13.6. The summed E-state index contributed by atoms with van der Waals surface area (Å²) in [5, 5.41) is 6.57. The molecule has 0 spiro atoms. The number of hydrogen-bond acceptors (Lipinski definition) is 6. The number of nitrogens with one attached hydrogen (secondary N) is 1. The van der Waals surface area contributed by atoms with E-state index < -0.39 is 21.5 Å². The van der Waals surface area contributed by atoms with Gasteiger partial charge in [0.2, 0.25) is 11.8 Å². The third-order valence-electron chi connectivity index (χ3n) is 3.93. The zero-order chi connectivity index (χ0) is 16.7. The molecule has 0 saturated heterocycles. The van der Waals surface area contributed by atoms with Gasteiger partial charge in [0.15, 0.2) is 15.7 Å². The van der Waals surface area contributed by atoms with Crippen molar-refractivity contribution in [1.29, 1.82) is 0 Å². The van der Waals surface area contributed by atoms with Gasteiger partial charge in [-0.2, -0.15) is 4.98 Å². The van der Waals surface area contributed by atoms with Crippen LogP contribution < -0.4 is 5.32 Å². The summed E-state index contributed by atoms with van der Waals surface area (Å²) >= 11 is 0. The molecule has 7 nitrogen and oxygen atoms in total. The number of carbonyl (C=O) groups is 1. The van der Waals surface area contributed by atoms with Gasteiger partial charge in [-0.05, 0) is 19.3 Å². The number of aryl methyl sites for hydroxylation is 1. The van der Waals surface area contributed by atoms with Crippen molar-refractivity contribution in [3.63, 3.8) is 0 Å². The van der Waals surface area contributed by atoms with E-state index in [-0.39, 0.29) is 17.7 Å². The van der Waals surface area contributed by atoms with E-state index in [2.05, 4.69) is 22.4 Å². The first-order valence-electron chi connectivity index (χ1n) is 8.30. The summed E-state index contributed by atoms with van der Waals surface area (Å²) in [6, 6.07) is 0.107. The van der Waals surface area contributed by atoms with Crippen LogP contribution in [0, 0.1) is 0 Å². The Morgan fingerprint density at radius 1 is 1.30 bits per heavy atom. The van der Waals surface area contributed by atoms with Crippen LogP contribution in [-0.4, -0.2) is 36.3 Å². The fourth-order valence-corrected chi connectivity index (χ4v) is 3.82. The normalized spacial score (nSPS) is 16.4. The monoisotopic (exact) mass is 343 g/mol. The van der Waals surface area contributed by atoms with Gasteiger partial charge in [-0.1, -0.05) is 37.8 Å². The van der Waals surface area contributed by atoms with Crippen LogP contribution in [-0.2, 0) is 26.8 Å². The van der Waals surface area contributed by atoms with Crippen LogP contribution in [0.15, 0.2) is 4.52 Å². The van der Waals surface area contributed by atoms with E-state index in [0.29, 0.717) is 12.2 Å². The third kappa shape index (κ3) is 6.29. The van der Waals surface area contributed by atoms with Gasteiger partial charge < -0.3 is 9.84 Å². The van der Waals surface area contributed by atoms with Crippen molar-refractivity contribution >= 4 is 15.7 Å². The Labute approximate surface area is 137 Å². The number of unbranched alkanes of at least 4 members (excludes halogenated alkanes) is 1. The van der Waals surface area contributed by atoms with Crippen LogP contribution in [0.2, 0.25) is 0 Å². The van der Waals surface area contributed by atoms with Crippen molar-refractivity contribution in [2.45, 2.75) is 70.1 Å². The maximum absolute atomic E-state index is 12.1. The number of rotatable bonds is 8. The van der Waals surface area contributed by atoms with Crippen LogP contribution in [0.4, 0.5) is 0 Å². The van der Waals surface area contributed by atoms with Crippen molar-refractivity contribution in [2.75, 3.05) is 5.75 Å². The van der Waals surface area contributed by atoms with Crippen LogP contribution in [0.3, 0.4) is 0 Å². The molecule has 0 aliphatic heterocycles. The molecule has 0 unspecified atom stereocenters. The van der Waals surface area contributed by atoms with Crippen LogP contribution in [0.25, 0.3) is 0 Å². The molecule has 1 aliphatic rings. The summed E-state index contributed by atoms with van der Waals surface area (Å²) in [4.78, 5) is 16.0. The molecule has 1 N–H and O–H groups in total. The minimum atomic E-state index is -3.60. The Hall–Kier alpha value is -1.44. The van der Waals surface area contributed by atoms with Crippen LogP contribution in [0.5, 0.6) is 0 Å². The highest BCUT2D eigenvalue weighted by molar-refractivity contribution is 7.91. The van der Waals surface area contributed by atoms with E-state index in [4.69, 9.17) is 4.52 Å². The maximum atomic E-state index is 12.1. The average molecular weight is 343 g/mol. The lowest BCUT2D eigenvalue weighted by molar-refractivity contribution is -0.119. The van der Waals surface area contributed by atoms with Crippen LogP contribution in [0.1, 0.15) is 63.6 Å². The molecule has 2 rings (SSSR count). The van der Waals surface area contributed by atoms with E-state index in [1.165, 1.54) is 6.42 Å². The second kappa shape index (κ2) is 8.42. The van der Waals surface area contributed by atoms with Crippen molar-refractivity contribution < 1.29 is 17.7 Å². The number of amides is 1. The highest BCUT2D eigenvalue weighted by Gasteiger charge is 2.23. The van der Waals surface area contributed by atoms with Crippen molar-refractivity contribution in [1.82, 2.24) is 15.5 Å². The molecule has 0 atom stereocenters. The Balaban J connectivity index is 1.83. The number of nitrogens with zero attached hydrogens (tertiary/aromatic N) is 2. The number of aromatic nitrogens is 2. The molecule has 0 aromatic carbocycles. The highest BCUT2D eigenvalue weighted by Crippen LogP contribution is 2.17. The summed E-state index contributed by atoms with van der Waals surface area (Å²) < 4.78 is 29.1. The summed E-state index contributed by atoms with van der Waals surface area (Å²) in [5.41, 5.74) is 0. The van der Waals surface area contributed by atoms with Crippen LogP contribution >= 0.6 is 0 Å². The molecule has 0 bridgehead atoms. The Kier molecular flexibility index (Phi) is 6.56. The summed E-state index contributed by atoms with van der Waals surface area (Å²) in [5.74, 6) is -0.784. The smallest absolute Gasteiger partial charge is 0.241 e. The fourth-order valence-electron chi connectivity index (χ4n) is 2.74. The Morgan fingerprint density at radius 2 is 2.04 bits per heavy atom. The molecule has 1 aromatic heterocycles. The molecule has 1 fully saturated rings. The van der Waals surface area contributed by atoms with E-state index in [9.17, 15) is 13.2 Å². The minimum Gasteiger partial charge on any atom is -0.352 e. The van der Waals surface area contributed by atoms with Gasteiger partial charge in [0.1, 0.15) is 11.5 Å². The number of carbonyl (C=O) groups excluding carboxylic acids is 1. The average Bonchev–Trinajstić information content (AvgIpc) is 2.92. The Morgan fingerprint density at radius 3 is 2.74 bits per heavy atom. The molecule has 1 aromatic rings. The Bertz CT molecular complexity index is 606. The summed E-state index contributed by atoms with van der Waals surface area (Å²) in [6.07, 6.45) is 7.80. The van der Waals surface area contributed by atoms with Gasteiger partial charge in [-0.25, -0.2) is 8.42 Å². The molecule has 1 amide bonds. The molecular formula is C15H25N3O4S. The zero-order valence-corrected chi connectivity index (χ0v) is 14.4. The molecule has 1 heterocycles. The van der Waals surface area contributed by atoms with Gasteiger partial charge in [0.05, 0.1) is 0 Å². The SMILES string of the molecule is CCCCc1noc(CS(=O)(=O)CC(=O)NC2CCCCC2)n1. The van der Waals surface area contributed by atoms with Gasteiger partial charge in [-0.3, -0.25) is 4.79 Å². The second-order valence-corrected chi connectivity index (χ2v) is 8.21. The van der Waals surface area contributed by atoms with Gasteiger partial charge in [0, 0.05) is 12.5 Å². The highest BCUT2D eigenvalue weighted by atomic mass is 32.2. The molecule has 0 radical (unpaired) electrons. The lowest BCUT2D eigenvalue weighted by Crippen LogP contribution is -2.39. The predicted molar refractivity (Wildman–Crippen MR) is 85.4 cm³/mol. The van der Waals surface area contributed by atoms with Gasteiger partial charge in [-0.15, -0.1) is 0 Å². The first-order chi connectivity index (χ1) is 11.0. The minimum absolute atomic E-state index is 0.0570. The fraction of sp³-hybridized carbons (Fsp3) is 0.800. The van der Waals surface area contributed by atoms with Gasteiger partial charge in [0.25, 0.3) is 0 Å². The van der Waals surface area contributed by atoms with E-state index in [1.54, 1.807) is 0 Å². The summed E-state index contributed by atoms with van der Waals surface area (Å²) in [6.45, 7) is 2.05. The largest absolute Gasteiger partial charge is 0.352 e. The predicted octanol–water partition coefficient (Wildman–Crippen LogP) is 1.78. The second-order valence-electron chi connectivity index (χ2n) is 6.14. The van der Waals surface area contributed by atoms with Gasteiger partial charge >= 0.3 is 0 Å². The maximum Gasteiger partial charge on any atom is 0.241 e. The molecule has 130 valence electrons. The number of sulfone groups is 1. The summed E-state index contributed by atoms with van der Waals surface area (Å²) in [7, 11) is -3.60. The van der Waals surface area contributed by atoms with E-state index in [1.807, 2.05) is 0 Å². The first-order valence-corrected chi connectivity index (χ1v) is 10.1. The topological polar surface area (TPSA) is 102 Å². The third-order valence-corrected chi connectivity index (χ3v) is 5.32. The van der Waals surface area contributed by atoms with Crippen molar-refractivity contribution in [3.05, 3.63) is 11.7 Å². The molecular weight excluding hydrogens is 318 g/mol. The molecule has 8 heteroatoms. The quantitative estimate of drug-likeness (QED) is 0.772.